The summed E-state index contributed by atoms with van der Waals surface area (Å²) in [6, 6.07) is 4.81. The van der Waals surface area contributed by atoms with Crippen LogP contribution in [0.5, 0.6) is 0 Å². The molecule has 2 N–H and O–H groups in total. The van der Waals surface area contributed by atoms with Crippen LogP contribution in [0.4, 0.5) is 10.1 Å². The second-order valence-electron chi connectivity index (χ2n) is 2.85. The van der Waals surface area contributed by atoms with E-state index in [2.05, 4.69) is 4.74 Å². The van der Waals surface area contributed by atoms with Gasteiger partial charge in [0.05, 0.1) is 19.3 Å². The Hall–Kier alpha value is -1.58. The van der Waals surface area contributed by atoms with E-state index in [0.717, 1.165) is 5.56 Å². The van der Waals surface area contributed by atoms with Crippen LogP contribution in [0.25, 0.3) is 0 Å². The number of hydrogen-bond donors (Lipinski definition) is 1. The highest BCUT2D eigenvalue weighted by Crippen LogP contribution is 2.15. The van der Waals surface area contributed by atoms with Crippen molar-refractivity contribution in [1.29, 1.82) is 0 Å². The van der Waals surface area contributed by atoms with Crippen molar-refractivity contribution in [2.75, 3.05) is 19.5 Å². The summed E-state index contributed by atoms with van der Waals surface area (Å²) in [5.41, 5.74) is 7.02. The van der Waals surface area contributed by atoms with E-state index in [0.29, 0.717) is 17.7 Å². The van der Waals surface area contributed by atoms with Crippen LogP contribution in [-0.4, -0.2) is 19.8 Å². The first kappa shape index (κ1) is 10.5. The fourth-order valence-corrected chi connectivity index (χ4v) is 1.17. The van der Waals surface area contributed by atoms with Crippen molar-refractivity contribution >= 4 is 11.7 Å². The highest BCUT2D eigenvalue weighted by molar-refractivity contribution is 5.95. The summed E-state index contributed by atoms with van der Waals surface area (Å²) in [6.07, 6.45) is 0.311. The molecule has 4 heteroatoms. The quantitative estimate of drug-likeness (QED) is 0.591. The molecule has 1 aromatic rings. The minimum atomic E-state index is -0.478. The second kappa shape index (κ2) is 4.60. The fourth-order valence-electron chi connectivity index (χ4n) is 1.17. The minimum absolute atomic E-state index is 0.311. The second-order valence-corrected chi connectivity index (χ2v) is 2.85. The van der Waals surface area contributed by atoms with E-state index < -0.39 is 12.6 Å². The Morgan fingerprint density at radius 1 is 1.57 bits per heavy atom. The first-order valence-corrected chi connectivity index (χ1v) is 4.21. The van der Waals surface area contributed by atoms with Crippen molar-refractivity contribution < 1.29 is 13.9 Å². The molecule has 14 heavy (non-hydrogen) atoms. The van der Waals surface area contributed by atoms with Crippen molar-refractivity contribution in [3.05, 3.63) is 29.3 Å². The van der Waals surface area contributed by atoms with Crippen molar-refractivity contribution in [3.8, 4) is 0 Å². The van der Waals surface area contributed by atoms with E-state index in [9.17, 15) is 9.18 Å². The molecule has 1 rings (SSSR count). The summed E-state index contributed by atoms with van der Waals surface area (Å²) in [5.74, 6) is -0.478. The normalized spacial score (nSPS) is 9.86. The Bertz CT molecular complexity index is 339. The maximum atomic E-state index is 12.0. The number of benzene rings is 1. The Balaban J connectivity index is 2.95. The van der Waals surface area contributed by atoms with Gasteiger partial charge in [-0.15, -0.1) is 0 Å². The van der Waals surface area contributed by atoms with Gasteiger partial charge in [-0.2, -0.15) is 0 Å². The smallest absolute Gasteiger partial charge is 0.339 e. The molecule has 0 radical (unpaired) electrons. The van der Waals surface area contributed by atoms with Crippen LogP contribution in [0.1, 0.15) is 15.9 Å². The lowest BCUT2D eigenvalue weighted by Gasteiger charge is -2.05. The molecule has 0 saturated carbocycles. The molecule has 0 aromatic heterocycles. The number of ether oxygens (including phenoxy) is 1. The largest absolute Gasteiger partial charge is 0.465 e. The summed E-state index contributed by atoms with van der Waals surface area (Å²) >= 11 is 0. The van der Waals surface area contributed by atoms with Crippen LogP contribution in [0, 0.1) is 0 Å². The van der Waals surface area contributed by atoms with Crippen LogP contribution >= 0.6 is 0 Å². The van der Waals surface area contributed by atoms with Gasteiger partial charge in [-0.25, -0.2) is 4.79 Å². The molecule has 3 nitrogen and oxygen atoms in total. The summed E-state index contributed by atoms with van der Waals surface area (Å²) in [6.45, 7) is -0.434. The molecule has 0 aliphatic heterocycles. The van der Waals surface area contributed by atoms with Gasteiger partial charge in [-0.05, 0) is 17.7 Å². The summed E-state index contributed by atoms with van der Waals surface area (Å²) < 4.78 is 16.5. The van der Waals surface area contributed by atoms with Gasteiger partial charge >= 0.3 is 5.97 Å². The van der Waals surface area contributed by atoms with Crippen LogP contribution in [0.3, 0.4) is 0 Å². The molecule has 0 spiro atoms. The van der Waals surface area contributed by atoms with E-state index in [1.165, 1.54) is 7.11 Å². The number of alkyl halides is 1. The van der Waals surface area contributed by atoms with Gasteiger partial charge < -0.3 is 10.5 Å². The molecule has 0 atom stereocenters. The van der Waals surface area contributed by atoms with E-state index in [-0.39, 0.29) is 0 Å². The first-order chi connectivity index (χ1) is 6.69. The average Bonchev–Trinajstić information content (AvgIpc) is 2.17. The van der Waals surface area contributed by atoms with Crippen molar-refractivity contribution in [1.82, 2.24) is 0 Å². The Morgan fingerprint density at radius 3 is 2.79 bits per heavy atom. The number of halogens is 1. The SMILES string of the molecule is COC(=O)c1ccc(CCF)cc1N. The average molecular weight is 197 g/mol. The number of aryl methyl sites for hydroxylation is 1. The maximum absolute atomic E-state index is 12.0. The van der Waals surface area contributed by atoms with Gasteiger partial charge in [0.15, 0.2) is 0 Å². The summed E-state index contributed by atoms with van der Waals surface area (Å²) in [7, 11) is 1.29. The lowest BCUT2D eigenvalue weighted by molar-refractivity contribution is 0.0602. The van der Waals surface area contributed by atoms with Crippen molar-refractivity contribution in [3.63, 3.8) is 0 Å². The summed E-state index contributed by atoms with van der Waals surface area (Å²) in [5, 5.41) is 0. The number of rotatable bonds is 3. The van der Waals surface area contributed by atoms with Crippen LogP contribution < -0.4 is 5.73 Å². The fraction of sp³-hybridized carbons (Fsp3) is 0.300. The summed E-state index contributed by atoms with van der Waals surface area (Å²) in [4.78, 5) is 11.1. The highest BCUT2D eigenvalue weighted by atomic mass is 19.1. The molecule has 0 aliphatic rings. The van der Waals surface area contributed by atoms with E-state index in [1.54, 1.807) is 18.2 Å². The number of esters is 1. The van der Waals surface area contributed by atoms with Gasteiger partial charge in [0.1, 0.15) is 0 Å². The molecule has 1 aromatic carbocycles. The van der Waals surface area contributed by atoms with E-state index in [1.807, 2.05) is 0 Å². The molecule has 0 saturated heterocycles. The maximum Gasteiger partial charge on any atom is 0.339 e. The predicted molar refractivity (Wildman–Crippen MR) is 51.9 cm³/mol. The van der Waals surface area contributed by atoms with Crippen LogP contribution in [0.2, 0.25) is 0 Å². The minimum Gasteiger partial charge on any atom is -0.465 e. The zero-order valence-electron chi connectivity index (χ0n) is 7.92. The third kappa shape index (κ3) is 2.22. The molecule has 0 amide bonds. The Morgan fingerprint density at radius 2 is 2.29 bits per heavy atom. The van der Waals surface area contributed by atoms with Crippen LogP contribution in [0.15, 0.2) is 18.2 Å². The zero-order valence-corrected chi connectivity index (χ0v) is 7.92. The number of carbonyl (C=O) groups excluding carboxylic acids is 1. The van der Waals surface area contributed by atoms with Crippen molar-refractivity contribution in [2.45, 2.75) is 6.42 Å². The highest BCUT2D eigenvalue weighted by Gasteiger charge is 2.09. The number of nitrogen functional groups attached to an aromatic ring is 1. The molecule has 0 unspecified atom stereocenters. The molecule has 0 aliphatic carbocycles. The number of anilines is 1. The van der Waals surface area contributed by atoms with E-state index in [4.69, 9.17) is 5.73 Å². The topological polar surface area (TPSA) is 52.3 Å². The van der Waals surface area contributed by atoms with Crippen molar-refractivity contribution in [2.24, 2.45) is 0 Å². The number of methoxy groups -OCH3 is 1. The van der Waals surface area contributed by atoms with Gasteiger partial charge in [-0.3, -0.25) is 4.39 Å². The third-order valence-electron chi connectivity index (χ3n) is 1.90. The van der Waals surface area contributed by atoms with Gasteiger partial charge in [0, 0.05) is 12.1 Å². The third-order valence-corrected chi connectivity index (χ3v) is 1.90. The first-order valence-electron chi connectivity index (χ1n) is 4.21. The lowest BCUT2D eigenvalue weighted by atomic mass is 10.1. The molecular weight excluding hydrogens is 185 g/mol. The molecule has 0 heterocycles. The Kier molecular flexibility index (Phi) is 3.45. The molecule has 76 valence electrons. The zero-order chi connectivity index (χ0) is 10.6. The molecule has 0 bridgehead atoms. The molecule has 0 fully saturated rings. The number of nitrogens with two attached hydrogens (primary N) is 1. The van der Waals surface area contributed by atoms with Gasteiger partial charge in [0.25, 0.3) is 0 Å². The number of carbonyl (C=O) groups is 1. The lowest BCUT2D eigenvalue weighted by Crippen LogP contribution is -2.06. The predicted octanol–water partition coefficient (Wildman–Crippen LogP) is 1.57. The van der Waals surface area contributed by atoms with Crippen LogP contribution in [-0.2, 0) is 11.2 Å². The Labute approximate surface area is 81.7 Å². The standard InChI is InChI=1S/C10H12FNO2/c1-14-10(13)8-3-2-7(4-5-11)6-9(8)12/h2-3,6H,4-5,12H2,1H3. The van der Waals surface area contributed by atoms with Gasteiger partial charge in [0.2, 0.25) is 0 Å². The van der Waals surface area contributed by atoms with E-state index >= 15 is 0 Å². The molecular formula is C10H12FNO2. The monoisotopic (exact) mass is 197 g/mol. The van der Waals surface area contributed by atoms with Gasteiger partial charge in [-0.1, -0.05) is 6.07 Å². The number of hydrogen-bond acceptors (Lipinski definition) is 3.